The number of hydrogen-bond acceptors (Lipinski definition) is 6. The zero-order chi connectivity index (χ0) is 23.4. The molecular formula is C26H25FO6. The number of hydrogen-bond donors (Lipinski definition) is 0. The van der Waals surface area contributed by atoms with Crippen molar-refractivity contribution in [2.75, 3.05) is 7.11 Å². The standard InChI is InChI=1S/C26H25FO6/c1-16(2)32-22-10-9-18(13-23(22)29-3)25(28)30-14-19-11-21(27)12-20-15-31-26(33-24(19)20)17-7-5-4-6-8-17/h4-13,16,26H,14-15H2,1-3H3/t26-/m0/s1. The molecule has 0 saturated heterocycles. The molecule has 0 spiro atoms. The summed E-state index contributed by atoms with van der Waals surface area (Å²) in [5.41, 5.74) is 2.12. The first kappa shape index (κ1) is 22.6. The summed E-state index contributed by atoms with van der Waals surface area (Å²) in [6.07, 6.45) is -0.670. The zero-order valence-electron chi connectivity index (χ0n) is 18.7. The van der Waals surface area contributed by atoms with Gasteiger partial charge in [-0.15, -0.1) is 0 Å². The van der Waals surface area contributed by atoms with Crippen molar-refractivity contribution in [3.63, 3.8) is 0 Å². The molecule has 0 amide bonds. The number of fused-ring (bicyclic) bond motifs is 1. The number of benzene rings is 3. The van der Waals surface area contributed by atoms with Gasteiger partial charge in [-0.2, -0.15) is 0 Å². The molecule has 0 aliphatic carbocycles. The van der Waals surface area contributed by atoms with E-state index in [0.29, 0.717) is 33.9 Å². The predicted molar refractivity (Wildman–Crippen MR) is 119 cm³/mol. The van der Waals surface area contributed by atoms with Crippen LogP contribution in [0.15, 0.2) is 60.7 Å². The van der Waals surface area contributed by atoms with E-state index in [-0.39, 0.29) is 19.3 Å². The van der Waals surface area contributed by atoms with Gasteiger partial charge >= 0.3 is 5.97 Å². The highest BCUT2D eigenvalue weighted by molar-refractivity contribution is 5.90. The first-order chi connectivity index (χ1) is 15.9. The molecule has 4 rings (SSSR count). The molecule has 0 radical (unpaired) electrons. The van der Waals surface area contributed by atoms with Crippen molar-refractivity contribution < 1.29 is 32.9 Å². The van der Waals surface area contributed by atoms with E-state index in [1.807, 2.05) is 44.2 Å². The smallest absolute Gasteiger partial charge is 0.338 e. The Labute approximate surface area is 191 Å². The number of halogens is 1. The first-order valence-corrected chi connectivity index (χ1v) is 10.6. The van der Waals surface area contributed by atoms with Crippen LogP contribution in [0.25, 0.3) is 0 Å². The summed E-state index contributed by atoms with van der Waals surface area (Å²) in [6.45, 7) is 3.82. The SMILES string of the molecule is COc1cc(C(=O)OCc2cc(F)cc3c2O[C@@H](c2ccccc2)OC3)ccc1OC(C)C. The van der Waals surface area contributed by atoms with E-state index in [1.165, 1.54) is 19.2 Å². The third-order valence-electron chi connectivity index (χ3n) is 5.02. The fourth-order valence-electron chi connectivity index (χ4n) is 3.53. The van der Waals surface area contributed by atoms with Gasteiger partial charge in [-0.05, 0) is 44.2 Å². The van der Waals surface area contributed by atoms with E-state index in [2.05, 4.69) is 0 Å². The summed E-state index contributed by atoms with van der Waals surface area (Å²) in [5, 5.41) is 0. The molecule has 0 fully saturated rings. The monoisotopic (exact) mass is 452 g/mol. The molecular weight excluding hydrogens is 427 g/mol. The Morgan fingerprint density at radius 1 is 1.09 bits per heavy atom. The quantitative estimate of drug-likeness (QED) is 0.436. The molecule has 0 saturated carbocycles. The lowest BCUT2D eigenvalue weighted by atomic mass is 10.1. The van der Waals surface area contributed by atoms with E-state index in [1.54, 1.807) is 18.2 Å². The van der Waals surface area contributed by atoms with Gasteiger partial charge in [0.2, 0.25) is 6.29 Å². The molecule has 33 heavy (non-hydrogen) atoms. The van der Waals surface area contributed by atoms with Gasteiger partial charge in [0.1, 0.15) is 18.2 Å². The largest absolute Gasteiger partial charge is 0.493 e. The van der Waals surface area contributed by atoms with E-state index in [4.69, 9.17) is 23.7 Å². The molecule has 0 aromatic heterocycles. The second kappa shape index (κ2) is 9.92. The third-order valence-corrected chi connectivity index (χ3v) is 5.02. The molecule has 6 nitrogen and oxygen atoms in total. The van der Waals surface area contributed by atoms with Crippen LogP contribution in [-0.4, -0.2) is 19.2 Å². The minimum absolute atomic E-state index is 0.0421. The molecule has 0 unspecified atom stereocenters. The summed E-state index contributed by atoms with van der Waals surface area (Å²) in [6, 6.07) is 16.9. The van der Waals surface area contributed by atoms with E-state index < -0.39 is 18.1 Å². The Balaban J connectivity index is 1.51. The Bertz CT molecular complexity index is 1130. The Hall–Kier alpha value is -3.58. The molecule has 0 bridgehead atoms. The van der Waals surface area contributed by atoms with Gasteiger partial charge in [0.05, 0.1) is 25.4 Å². The predicted octanol–water partition coefficient (Wildman–Crippen LogP) is 5.59. The lowest BCUT2D eigenvalue weighted by molar-refractivity contribution is -0.112. The van der Waals surface area contributed by atoms with E-state index >= 15 is 0 Å². The lowest BCUT2D eigenvalue weighted by Gasteiger charge is -2.28. The van der Waals surface area contributed by atoms with Crippen molar-refractivity contribution in [2.45, 2.75) is 39.5 Å². The van der Waals surface area contributed by atoms with Gasteiger partial charge < -0.3 is 23.7 Å². The van der Waals surface area contributed by atoms with Crippen molar-refractivity contribution in [3.8, 4) is 17.2 Å². The Kier molecular flexibility index (Phi) is 6.79. The number of rotatable bonds is 7. The molecule has 0 N–H and O–H groups in total. The molecule has 3 aromatic carbocycles. The van der Waals surface area contributed by atoms with Crippen LogP contribution in [0.5, 0.6) is 17.2 Å². The number of methoxy groups -OCH3 is 1. The summed E-state index contributed by atoms with van der Waals surface area (Å²) in [5.74, 6) is 0.384. The highest BCUT2D eigenvalue weighted by atomic mass is 19.1. The van der Waals surface area contributed by atoms with Crippen LogP contribution in [0.1, 0.15) is 47.2 Å². The summed E-state index contributed by atoms with van der Waals surface area (Å²) < 4.78 is 42.4. The second-order valence-electron chi connectivity index (χ2n) is 7.83. The van der Waals surface area contributed by atoms with Crippen molar-refractivity contribution in [2.24, 2.45) is 0 Å². The van der Waals surface area contributed by atoms with Crippen LogP contribution in [0.2, 0.25) is 0 Å². The molecule has 172 valence electrons. The average molecular weight is 452 g/mol. The molecule has 1 heterocycles. The van der Waals surface area contributed by atoms with Crippen molar-refractivity contribution >= 4 is 5.97 Å². The van der Waals surface area contributed by atoms with Gasteiger partial charge in [0, 0.05) is 16.7 Å². The normalized spacial score (nSPS) is 14.9. The average Bonchev–Trinajstić information content (AvgIpc) is 2.82. The van der Waals surface area contributed by atoms with Crippen LogP contribution in [-0.2, 0) is 22.7 Å². The first-order valence-electron chi connectivity index (χ1n) is 10.6. The van der Waals surface area contributed by atoms with Crippen LogP contribution in [0, 0.1) is 5.82 Å². The van der Waals surface area contributed by atoms with Crippen molar-refractivity contribution in [1.29, 1.82) is 0 Å². The number of esters is 1. The van der Waals surface area contributed by atoms with Crippen molar-refractivity contribution in [1.82, 2.24) is 0 Å². The van der Waals surface area contributed by atoms with Gasteiger partial charge in [-0.1, -0.05) is 30.3 Å². The van der Waals surface area contributed by atoms with Crippen molar-refractivity contribution in [3.05, 3.63) is 88.7 Å². The topological polar surface area (TPSA) is 63.2 Å². The highest BCUT2D eigenvalue weighted by Crippen LogP contribution is 2.37. The van der Waals surface area contributed by atoms with E-state index in [9.17, 15) is 9.18 Å². The molecule has 1 aliphatic heterocycles. The Morgan fingerprint density at radius 3 is 2.61 bits per heavy atom. The number of carbonyl (C=O) groups is 1. The maximum Gasteiger partial charge on any atom is 0.338 e. The maximum atomic E-state index is 14.2. The van der Waals surface area contributed by atoms with Crippen LogP contribution in [0.3, 0.4) is 0 Å². The maximum absolute atomic E-state index is 14.2. The fraction of sp³-hybridized carbons (Fsp3) is 0.269. The van der Waals surface area contributed by atoms with Crippen LogP contribution >= 0.6 is 0 Å². The minimum atomic E-state index is -0.628. The molecule has 3 aromatic rings. The summed E-state index contributed by atoms with van der Waals surface area (Å²) >= 11 is 0. The number of carbonyl (C=O) groups excluding carboxylic acids is 1. The molecule has 1 atom stereocenters. The third kappa shape index (κ3) is 5.26. The molecule has 7 heteroatoms. The second-order valence-corrected chi connectivity index (χ2v) is 7.83. The van der Waals surface area contributed by atoms with E-state index in [0.717, 1.165) is 5.56 Å². The molecule has 1 aliphatic rings. The van der Waals surface area contributed by atoms with Gasteiger partial charge in [-0.3, -0.25) is 0 Å². The minimum Gasteiger partial charge on any atom is -0.493 e. The Morgan fingerprint density at radius 2 is 1.88 bits per heavy atom. The van der Waals surface area contributed by atoms with Crippen LogP contribution < -0.4 is 14.2 Å². The summed E-state index contributed by atoms with van der Waals surface area (Å²) in [7, 11) is 1.50. The van der Waals surface area contributed by atoms with Crippen LogP contribution in [0.4, 0.5) is 4.39 Å². The van der Waals surface area contributed by atoms with Gasteiger partial charge in [-0.25, -0.2) is 9.18 Å². The summed E-state index contributed by atoms with van der Waals surface area (Å²) in [4.78, 5) is 12.7. The lowest BCUT2D eigenvalue weighted by Crippen LogP contribution is -2.20. The number of ether oxygens (including phenoxy) is 5. The zero-order valence-corrected chi connectivity index (χ0v) is 18.7. The van der Waals surface area contributed by atoms with Gasteiger partial charge in [0.15, 0.2) is 11.5 Å². The highest BCUT2D eigenvalue weighted by Gasteiger charge is 2.26. The van der Waals surface area contributed by atoms with Gasteiger partial charge in [0.25, 0.3) is 0 Å². The fourth-order valence-corrected chi connectivity index (χ4v) is 3.53.